The van der Waals surface area contributed by atoms with Crippen LogP contribution in [0.2, 0.25) is 0 Å². The molecule has 2 amide bonds. The van der Waals surface area contributed by atoms with Crippen LogP contribution in [0.25, 0.3) is 5.57 Å². The maximum Gasteiger partial charge on any atom is 0.278 e. The highest BCUT2D eigenvalue weighted by atomic mass is 16.5. The molecule has 3 rings (SSSR count). The van der Waals surface area contributed by atoms with Crippen molar-refractivity contribution in [3.8, 4) is 5.75 Å². The average Bonchev–Trinajstić information content (AvgIpc) is 3.04. The lowest BCUT2D eigenvalue weighted by molar-refractivity contribution is -0.141. The van der Waals surface area contributed by atoms with Crippen LogP contribution in [-0.2, 0) is 19.1 Å². The lowest BCUT2D eigenvalue weighted by Crippen LogP contribution is -2.44. The van der Waals surface area contributed by atoms with Gasteiger partial charge in [-0.15, -0.1) is 0 Å². The van der Waals surface area contributed by atoms with E-state index in [0.717, 1.165) is 43.4 Å². The molecule has 0 saturated heterocycles. The van der Waals surface area contributed by atoms with Gasteiger partial charge in [-0.05, 0) is 44.4 Å². The summed E-state index contributed by atoms with van der Waals surface area (Å²) in [6, 6.07) is 7.41. The number of carbonyl (C=O) groups is 2. The minimum Gasteiger partial charge on any atom is -0.491 e. The molecule has 32 heavy (non-hydrogen) atoms. The molecule has 0 N–H and O–H groups in total. The number of rotatable bonds is 11. The Morgan fingerprint density at radius 2 is 1.53 bits per heavy atom. The molecular weight excluding hydrogens is 408 g/mol. The summed E-state index contributed by atoms with van der Waals surface area (Å²) < 4.78 is 16.3. The summed E-state index contributed by atoms with van der Waals surface area (Å²) >= 11 is 0. The van der Waals surface area contributed by atoms with Gasteiger partial charge in [0.1, 0.15) is 11.4 Å². The predicted molar refractivity (Wildman–Crippen MR) is 123 cm³/mol. The van der Waals surface area contributed by atoms with Crippen LogP contribution >= 0.6 is 0 Å². The first kappa shape index (κ1) is 24.3. The normalized spacial score (nSPS) is 17.6. The molecule has 7 nitrogen and oxygen atoms in total. The Bertz CT molecular complexity index is 804. The van der Waals surface area contributed by atoms with Gasteiger partial charge in [-0.1, -0.05) is 31.4 Å². The Balaban J connectivity index is 2.01. The van der Waals surface area contributed by atoms with Gasteiger partial charge in [0.2, 0.25) is 0 Å². The SMILES string of the molecule is COCCN(CCOC)C1=C(c2ccc(OC(C)C)cc2)C(=O)N(C2CCCCC2)C1=O. The highest BCUT2D eigenvalue weighted by molar-refractivity contribution is 6.35. The summed E-state index contributed by atoms with van der Waals surface area (Å²) in [6.07, 6.45) is 5.05. The summed E-state index contributed by atoms with van der Waals surface area (Å²) in [4.78, 5) is 30.8. The summed E-state index contributed by atoms with van der Waals surface area (Å²) in [6.45, 7) is 5.85. The van der Waals surface area contributed by atoms with Crippen molar-refractivity contribution in [2.75, 3.05) is 40.5 Å². The fourth-order valence-corrected chi connectivity index (χ4v) is 4.47. The van der Waals surface area contributed by atoms with Gasteiger partial charge in [-0.25, -0.2) is 0 Å². The van der Waals surface area contributed by atoms with E-state index in [1.807, 2.05) is 43.0 Å². The first-order chi connectivity index (χ1) is 15.5. The van der Waals surface area contributed by atoms with Crippen LogP contribution in [0.3, 0.4) is 0 Å². The molecule has 1 aliphatic carbocycles. The third-order valence-corrected chi connectivity index (χ3v) is 5.99. The summed E-state index contributed by atoms with van der Waals surface area (Å²) in [5.41, 5.74) is 1.64. The Labute approximate surface area is 191 Å². The Morgan fingerprint density at radius 3 is 2.06 bits per heavy atom. The van der Waals surface area contributed by atoms with Crippen LogP contribution in [0.15, 0.2) is 30.0 Å². The fraction of sp³-hybridized carbons (Fsp3) is 0.600. The van der Waals surface area contributed by atoms with Crippen LogP contribution < -0.4 is 4.74 Å². The molecule has 1 heterocycles. The van der Waals surface area contributed by atoms with E-state index >= 15 is 0 Å². The molecule has 0 spiro atoms. The zero-order valence-electron chi connectivity index (χ0n) is 19.8. The van der Waals surface area contributed by atoms with E-state index in [1.165, 1.54) is 4.90 Å². The van der Waals surface area contributed by atoms with Gasteiger partial charge in [-0.2, -0.15) is 0 Å². The minimum absolute atomic E-state index is 0.0357. The number of methoxy groups -OCH3 is 2. The number of ether oxygens (including phenoxy) is 3. The molecule has 1 aliphatic heterocycles. The summed E-state index contributed by atoms with van der Waals surface area (Å²) in [7, 11) is 3.26. The van der Waals surface area contributed by atoms with Crippen molar-refractivity contribution in [2.45, 2.75) is 58.1 Å². The monoisotopic (exact) mass is 444 g/mol. The zero-order valence-corrected chi connectivity index (χ0v) is 19.8. The number of amides is 2. The lowest BCUT2D eigenvalue weighted by atomic mass is 9.94. The molecule has 2 aliphatic rings. The van der Waals surface area contributed by atoms with Crippen LogP contribution in [0.1, 0.15) is 51.5 Å². The number of carbonyl (C=O) groups excluding carboxylic acids is 2. The second-order valence-corrected chi connectivity index (χ2v) is 8.66. The molecule has 1 saturated carbocycles. The van der Waals surface area contributed by atoms with Crippen LogP contribution in [0.5, 0.6) is 5.75 Å². The highest BCUT2D eigenvalue weighted by Crippen LogP contribution is 2.36. The molecule has 176 valence electrons. The van der Waals surface area contributed by atoms with E-state index in [9.17, 15) is 9.59 Å². The molecule has 0 bridgehead atoms. The van der Waals surface area contributed by atoms with Crippen molar-refractivity contribution < 1.29 is 23.8 Å². The molecule has 1 fully saturated rings. The smallest absolute Gasteiger partial charge is 0.278 e. The number of hydrogen-bond acceptors (Lipinski definition) is 6. The van der Waals surface area contributed by atoms with Crippen molar-refractivity contribution in [2.24, 2.45) is 0 Å². The Kier molecular flexibility index (Phi) is 8.70. The number of hydrogen-bond donors (Lipinski definition) is 0. The van der Waals surface area contributed by atoms with Crippen LogP contribution in [-0.4, -0.2) is 74.3 Å². The van der Waals surface area contributed by atoms with Gasteiger partial charge in [0, 0.05) is 33.4 Å². The predicted octanol–water partition coefficient (Wildman–Crippen LogP) is 3.48. The van der Waals surface area contributed by atoms with Crippen molar-refractivity contribution in [3.05, 3.63) is 35.5 Å². The maximum atomic E-state index is 13.7. The van der Waals surface area contributed by atoms with Gasteiger partial charge in [-0.3, -0.25) is 14.5 Å². The van der Waals surface area contributed by atoms with Gasteiger partial charge >= 0.3 is 0 Å². The van der Waals surface area contributed by atoms with Gasteiger partial charge < -0.3 is 19.1 Å². The topological polar surface area (TPSA) is 68.3 Å². The highest BCUT2D eigenvalue weighted by Gasteiger charge is 2.44. The Hall–Kier alpha value is -2.38. The quantitative estimate of drug-likeness (QED) is 0.487. The number of nitrogens with zero attached hydrogens (tertiary/aromatic N) is 2. The van der Waals surface area contributed by atoms with Gasteiger partial charge in [0.15, 0.2) is 0 Å². The van der Waals surface area contributed by atoms with E-state index in [2.05, 4.69) is 0 Å². The molecule has 0 aromatic heterocycles. The third-order valence-electron chi connectivity index (χ3n) is 5.99. The van der Waals surface area contributed by atoms with Crippen molar-refractivity contribution >= 4 is 17.4 Å². The van der Waals surface area contributed by atoms with Gasteiger partial charge in [0.05, 0.1) is 24.9 Å². The maximum absolute atomic E-state index is 13.7. The van der Waals surface area contributed by atoms with E-state index in [0.29, 0.717) is 37.6 Å². The van der Waals surface area contributed by atoms with Crippen molar-refractivity contribution in [1.82, 2.24) is 9.80 Å². The molecular formula is C25H36N2O5. The first-order valence-corrected chi connectivity index (χ1v) is 11.6. The van der Waals surface area contributed by atoms with Crippen LogP contribution in [0.4, 0.5) is 0 Å². The lowest BCUT2D eigenvalue weighted by Gasteiger charge is -2.31. The van der Waals surface area contributed by atoms with E-state index in [1.54, 1.807) is 14.2 Å². The summed E-state index contributed by atoms with van der Waals surface area (Å²) in [5, 5.41) is 0. The molecule has 7 heteroatoms. The molecule has 0 unspecified atom stereocenters. The Morgan fingerprint density at radius 1 is 0.938 bits per heavy atom. The molecule has 1 aromatic carbocycles. The van der Waals surface area contributed by atoms with Crippen molar-refractivity contribution in [3.63, 3.8) is 0 Å². The average molecular weight is 445 g/mol. The van der Waals surface area contributed by atoms with E-state index < -0.39 is 0 Å². The van der Waals surface area contributed by atoms with Crippen molar-refractivity contribution in [1.29, 1.82) is 0 Å². The molecule has 0 radical (unpaired) electrons. The molecule has 1 aromatic rings. The molecule has 0 atom stereocenters. The van der Waals surface area contributed by atoms with Gasteiger partial charge in [0.25, 0.3) is 11.8 Å². The number of imide groups is 1. The van der Waals surface area contributed by atoms with E-state index in [4.69, 9.17) is 14.2 Å². The standard InChI is InChI=1S/C25H36N2O5/c1-18(2)32-21-12-10-19(11-13-21)22-23(26(14-16-30-3)15-17-31-4)25(29)27(24(22)28)20-8-6-5-7-9-20/h10-13,18,20H,5-9,14-17H2,1-4H3. The van der Waals surface area contributed by atoms with E-state index in [-0.39, 0.29) is 24.0 Å². The zero-order chi connectivity index (χ0) is 23.1. The summed E-state index contributed by atoms with van der Waals surface area (Å²) in [5.74, 6) is 0.336. The third kappa shape index (κ3) is 5.51. The fourth-order valence-electron chi connectivity index (χ4n) is 4.47. The second-order valence-electron chi connectivity index (χ2n) is 8.66. The second kappa shape index (κ2) is 11.5. The first-order valence-electron chi connectivity index (χ1n) is 11.6. The largest absolute Gasteiger partial charge is 0.491 e. The number of benzene rings is 1. The van der Waals surface area contributed by atoms with Crippen LogP contribution in [0, 0.1) is 0 Å². The minimum atomic E-state index is -0.202.